The van der Waals surface area contributed by atoms with Crippen molar-refractivity contribution in [1.29, 1.82) is 0 Å². The van der Waals surface area contributed by atoms with E-state index in [0.717, 1.165) is 36.7 Å². The molecule has 134 valence electrons. The molecule has 1 aliphatic rings. The number of rotatable bonds is 6. The van der Waals surface area contributed by atoms with E-state index in [1.165, 1.54) is 18.4 Å². The van der Waals surface area contributed by atoms with Crippen LogP contribution in [0.15, 0.2) is 42.7 Å². The molecule has 0 radical (unpaired) electrons. The molecule has 1 aromatic heterocycles. The maximum atomic E-state index is 5.99. The van der Waals surface area contributed by atoms with Crippen molar-refractivity contribution in [3.05, 3.63) is 53.9 Å². The van der Waals surface area contributed by atoms with Gasteiger partial charge < -0.3 is 9.47 Å². The summed E-state index contributed by atoms with van der Waals surface area (Å²) in [6, 6.07) is 10.2. The van der Waals surface area contributed by atoms with Crippen LogP contribution in [-0.4, -0.2) is 30.1 Å². The Morgan fingerprint density at radius 2 is 1.88 bits per heavy atom. The topological polar surface area (TPSA) is 34.6 Å². The zero-order valence-electron chi connectivity index (χ0n) is 15.5. The number of benzene rings is 1. The SMILES string of the molecule is COc1ccc(CN2CCC(C)(C)CC2)cc1OCc1cccnc1. The highest BCUT2D eigenvalue weighted by molar-refractivity contribution is 5.43. The Kier molecular flexibility index (Phi) is 5.59. The van der Waals surface area contributed by atoms with Crippen LogP contribution in [0, 0.1) is 5.41 Å². The molecule has 0 aliphatic carbocycles. The second kappa shape index (κ2) is 7.87. The van der Waals surface area contributed by atoms with Gasteiger partial charge in [0.25, 0.3) is 0 Å². The monoisotopic (exact) mass is 340 g/mol. The first-order valence-corrected chi connectivity index (χ1v) is 8.97. The number of pyridine rings is 1. The van der Waals surface area contributed by atoms with Gasteiger partial charge in [0.1, 0.15) is 6.61 Å². The number of ether oxygens (including phenoxy) is 2. The summed E-state index contributed by atoms with van der Waals surface area (Å²) in [4.78, 5) is 6.65. The molecule has 4 nitrogen and oxygen atoms in total. The van der Waals surface area contributed by atoms with Crippen LogP contribution < -0.4 is 9.47 Å². The van der Waals surface area contributed by atoms with E-state index < -0.39 is 0 Å². The Hall–Kier alpha value is -2.07. The number of aromatic nitrogens is 1. The lowest BCUT2D eigenvalue weighted by Crippen LogP contribution is -2.36. The van der Waals surface area contributed by atoms with Crippen LogP contribution in [0.3, 0.4) is 0 Å². The smallest absolute Gasteiger partial charge is 0.161 e. The fourth-order valence-electron chi connectivity index (χ4n) is 3.15. The van der Waals surface area contributed by atoms with Crippen molar-refractivity contribution in [2.75, 3.05) is 20.2 Å². The van der Waals surface area contributed by atoms with Crippen LogP contribution >= 0.6 is 0 Å². The minimum atomic E-state index is 0.481. The summed E-state index contributed by atoms with van der Waals surface area (Å²) in [5.74, 6) is 1.56. The first kappa shape index (κ1) is 17.7. The van der Waals surface area contributed by atoms with Crippen LogP contribution in [0.5, 0.6) is 11.5 Å². The lowest BCUT2D eigenvalue weighted by Gasteiger charge is -2.37. The molecular weight excluding hydrogens is 312 g/mol. The number of nitrogens with zero attached hydrogens (tertiary/aromatic N) is 2. The molecule has 0 unspecified atom stereocenters. The van der Waals surface area contributed by atoms with Crippen molar-refractivity contribution in [2.45, 2.75) is 39.8 Å². The van der Waals surface area contributed by atoms with Crippen molar-refractivity contribution in [2.24, 2.45) is 5.41 Å². The van der Waals surface area contributed by atoms with Gasteiger partial charge in [-0.2, -0.15) is 0 Å². The van der Waals surface area contributed by atoms with E-state index in [0.29, 0.717) is 12.0 Å². The number of hydrogen-bond donors (Lipinski definition) is 0. The van der Waals surface area contributed by atoms with E-state index in [4.69, 9.17) is 9.47 Å². The Balaban J connectivity index is 1.65. The molecule has 2 heterocycles. The minimum Gasteiger partial charge on any atom is -0.493 e. The highest BCUT2D eigenvalue weighted by Gasteiger charge is 2.25. The average Bonchev–Trinajstić information content (AvgIpc) is 2.63. The fraction of sp³-hybridized carbons (Fsp3) is 0.476. The molecule has 4 heteroatoms. The second-order valence-corrected chi connectivity index (χ2v) is 7.58. The third-order valence-corrected chi connectivity index (χ3v) is 4.96. The molecule has 0 atom stereocenters. The van der Waals surface area contributed by atoms with Crippen molar-refractivity contribution in [3.8, 4) is 11.5 Å². The summed E-state index contributed by atoms with van der Waals surface area (Å²) < 4.78 is 11.4. The standard InChI is InChI=1S/C21H28N2O2/c1-21(2)8-11-23(12-9-21)15-17-6-7-19(24-3)20(13-17)25-16-18-5-4-10-22-14-18/h4-7,10,13-14H,8-9,11-12,15-16H2,1-3H3. The van der Waals surface area contributed by atoms with Crippen LogP contribution in [0.4, 0.5) is 0 Å². The fourth-order valence-corrected chi connectivity index (χ4v) is 3.15. The Bertz CT molecular complexity index is 676. The Labute approximate surface area is 150 Å². The van der Waals surface area contributed by atoms with E-state index in [-0.39, 0.29) is 0 Å². The van der Waals surface area contributed by atoms with Crippen LogP contribution in [-0.2, 0) is 13.2 Å². The van der Waals surface area contributed by atoms with Gasteiger partial charge in [-0.3, -0.25) is 9.88 Å². The molecule has 1 aliphatic heterocycles. The quantitative estimate of drug-likeness (QED) is 0.786. The molecule has 0 bridgehead atoms. The predicted molar refractivity (Wildman–Crippen MR) is 99.9 cm³/mol. The molecule has 0 amide bonds. The molecular formula is C21H28N2O2. The van der Waals surface area contributed by atoms with Gasteiger partial charge in [0.05, 0.1) is 7.11 Å². The molecule has 1 fully saturated rings. The van der Waals surface area contributed by atoms with Gasteiger partial charge in [-0.25, -0.2) is 0 Å². The predicted octanol–water partition coefficient (Wildman–Crippen LogP) is 4.29. The van der Waals surface area contributed by atoms with Crippen molar-refractivity contribution in [1.82, 2.24) is 9.88 Å². The molecule has 0 spiro atoms. The normalized spacial score (nSPS) is 17.2. The lowest BCUT2D eigenvalue weighted by molar-refractivity contribution is 0.127. The van der Waals surface area contributed by atoms with Gasteiger partial charge in [-0.05, 0) is 55.1 Å². The van der Waals surface area contributed by atoms with Gasteiger partial charge in [0.2, 0.25) is 0 Å². The van der Waals surface area contributed by atoms with Gasteiger partial charge >= 0.3 is 0 Å². The minimum absolute atomic E-state index is 0.481. The van der Waals surface area contributed by atoms with Gasteiger partial charge in [0, 0.05) is 24.5 Å². The number of piperidine rings is 1. The average molecular weight is 340 g/mol. The highest BCUT2D eigenvalue weighted by atomic mass is 16.5. The summed E-state index contributed by atoms with van der Waals surface area (Å²) in [6.07, 6.45) is 6.11. The van der Waals surface area contributed by atoms with Crippen molar-refractivity contribution in [3.63, 3.8) is 0 Å². The second-order valence-electron chi connectivity index (χ2n) is 7.58. The van der Waals surface area contributed by atoms with Crippen LogP contribution in [0.25, 0.3) is 0 Å². The summed E-state index contributed by atoms with van der Waals surface area (Å²) in [5, 5.41) is 0. The maximum absolute atomic E-state index is 5.99. The molecule has 0 saturated carbocycles. The summed E-state index contributed by atoms with van der Waals surface area (Å²) in [5.41, 5.74) is 2.80. The van der Waals surface area contributed by atoms with Gasteiger partial charge in [-0.1, -0.05) is 26.0 Å². The highest BCUT2D eigenvalue weighted by Crippen LogP contribution is 2.32. The molecule has 1 aromatic carbocycles. The third kappa shape index (κ3) is 4.95. The van der Waals surface area contributed by atoms with Crippen molar-refractivity contribution < 1.29 is 9.47 Å². The van der Waals surface area contributed by atoms with E-state index in [1.54, 1.807) is 13.3 Å². The van der Waals surface area contributed by atoms with Crippen molar-refractivity contribution >= 4 is 0 Å². The number of hydrogen-bond acceptors (Lipinski definition) is 4. The Morgan fingerprint density at radius 3 is 2.56 bits per heavy atom. The zero-order chi connectivity index (χ0) is 17.7. The van der Waals surface area contributed by atoms with E-state index in [9.17, 15) is 0 Å². The van der Waals surface area contributed by atoms with Gasteiger partial charge in [-0.15, -0.1) is 0 Å². The molecule has 25 heavy (non-hydrogen) atoms. The molecule has 3 rings (SSSR count). The molecule has 1 saturated heterocycles. The number of methoxy groups -OCH3 is 1. The van der Waals surface area contributed by atoms with Crippen LogP contribution in [0.2, 0.25) is 0 Å². The Morgan fingerprint density at radius 1 is 1.08 bits per heavy atom. The first-order chi connectivity index (χ1) is 12.1. The maximum Gasteiger partial charge on any atom is 0.161 e. The lowest BCUT2D eigenvalue weighted by atomic mass is 9.82. The summed E-state index contributed by atoms with van der Waals surface area (Å²) in [6.45, 7) is 8.49. The molecule has 2 aromatic rings. The van der Waals surface area contributed by atoms with E-state index >= 15 is 0 Å². The largest absolute Gasteiger partial charge is 0.493 e. The summed E-state index contributed by atoms with van der Waals surface area (Å²) in [7, 11) is 1.68. The summed E-state index contributed by atoms with van der Waals surface area (Å²) >= 11 is 0. The molecule has 0 N–H and O–H groups in total. The first-order valence-electron chi connectivity index (χ1n) is 8.97. The third-order valence-electron chi connectivity index (χ3n) is 4.96. The van der Waals surface area contributed by atoms with E-state index in [1.807, 2.05) is 24.4 Å². The zero-order valence-corrected chi connectivity index (χ0v) is 15.5. The van der Waals surface area contributed by atoms with E-state index in [2.05, 4.69) is 35.9 Å². The van der Waals surface area contributed by atoms with Gasteiger partial charge in [0.15, 0.2) is 11.5 Å². The van der Waals surface area contributed by atoms with Crippen LogP contribution in [0.1, 0.15) is 37.8 Å². The number of likely N-dealkylation sites (tertiary alicyclic amines) is 1.